The first-order chi connectivity index (χ1) is 13.5. The zero-order chi connectivity index (χ0) is 21.8. The number of nitrogens with one attached hydrogen (secondary N) is 2. The van der Waals surface area contributed by atoms with Gasteiger partial charge < -0.3 is 10.6 Å². The Hall–Kier alpha value is -2.75. The number of carbonyl (C=O) groups excluding carboxylic acids is 2. The fourth-order valence-corrected chi connectivity index (χ4v) is 3.24. The third kappa shape index (κ3) is 6.11. The Bertz CT molecular complexity index is 983. The maximum Gasteiger partial charge on any atom is 0.241 e. The van der Waals surface area contributed by atoms with Gasteiger partial charge in [-0.1, -0.05) is 18.2 Å². The average molecular weight is 419 g/mol. The number of sulfonamides is 1. The van der Waals surface area contributed by atoms with E-state index >= 15 is 0 Å². The van der Waals surface area contributed by atoms with Crippen LogP contribution in [0, 0.1) is 13.8 Å². The van der Waals surface area contributed by atoms with Crippen molar-refractivity contribution in [1.29, 1.82) is 0 Å². The summed E-state index contributed by atoms with van der Waals surface area (Å²) >= 11 is 0. The van der Waals surface area contributed by atoms with Crippen LogP contribution in [-0.2, 0) is 19.6 Å². The standard InChI is InChI=1S/C20H26N4O4S/c1-13-6-5-7-14(2)19(13)23-18(25)12-24(4)15(3)20(26)22-16-8-10-17(11-9-16)29(21,27)28/h5-11,15H,12H2,1-4H3,(H,22,26)(H,23,25)(H2,21,27,28)/t15-/m1/s1. The van der Waals surface area contributed by atoms with Crippen LogP contribution in [0.15, 0.2) is 47.4 Å². The summed E-state index contributed by atoms with van der Waals surface area (Å²) in [5.41, 5.74) is 3.14. The summed E-state index contributed by atoms with van der Waals surface area (Å²) in [6, 6.07) is 10.7. The lowest BCUT2D eigenvalue weighted by atomic mass is 10.1. The van der Waals surface area contributed by atoms with Crippen molar-refractivity contribution in [3.05, 3.63) is 53.6 Å². The molecule has 0 aromatic heterocycles. The number of likely N-dealkylation sites (N-methyl/N-ethyl adjacent to an activating group) is 1. The van der Waals surface area contributed by atoms with E-state index in [9.17, 15) is 18.0 Å². The van der Waals surface area contributed by atoms with Crippen molar-refractivity contribution in [2.24, 2.45) is 5.14 Å². The molecule has 8 nitrogen and oxygen atoms in total. The zero-order valence-corrected chi connectivity index (χ0v) is 17.7. The Kier molecular flexibility index (Phi) is 7.12. The number of hydrogen-bond donors (Lipinski definition) is 3. The maximum atomic E-state index is 12.5. The monoisotopic (exact) mass is 418 g/mol. The van der Waals surface area contributed by atoms with Crippen LogP contribution in [0.1, 0.15) is 18.1 Å². The molecule has 0 heterocycles. The van der Waals surface area contributed by atoms with E-state index in [2.05, 4.69) is 10.6 Å². The van der Waals surface area contributed by atoms with Crippen molar-refractivity contribution >= 4 is 33.2 Å². The molecule has 156 valence electrons. The molecule has 1 atom stereocenters. The third-order valence-electron chi connectivity index (χ3n) is 4.63. The van der Waals surface area contributed by atoms with Gasteiger partial charge in [0.2, 0.25) is 21.8 Å². The molecule has 0 bridgehead atoms. The predicted molar refractivity (Wildman–Crippen MR) is 113 cm³/mol. The number of benzene rings is 2. The molecular formula is C20H26N4O4S. The molecule has 2 aromatic carbocycles. The van der Waals surface area contributed by atoms with Crippen LogP contribution in [-0.4, -0.2) is 44.8 Å². The zero-order valence-electron chi connectivity index (χ0n) is 16.9. The summed E-state index contributed by atoms with van der Waals surface area (Å²) in [7, 11) is -2.11. The number of amides is 2. The van der Waals surface area contributed by atoms with Crippen LogP contribution in [0.2, 0.25) is 0 Å². The van der Waals surface area contributed by atoms with Gasteiger partial charge in [0.25, 0.3) is 0 Å². The molecule has 0 radical (unpaired) electrons. The van der Waals surface area contributed by atoms with Gasteiger partial charge >= 0.3 is 0 Å². The van der Waals surface area contributed by atoms with Crippen LogP contribution in [0.3, 0.4) is 0 Å². The SMILES string of the molecule is Cc1cccc(C)c1NC(=O)CN(C)[C@H](C)C(=O)Nc1ccc(S(N)(=O)=O)cc1. The largest absolute Gasteiger partial charge is 0.325 e. The van der Waals surface area contributed by atoms with Gasteiger partial charge in [-0.3, -0.25) is 14.5 Å². The van der Waals surface area contributed by atoms with E-state index in [1.165, 1.54) is 24.3 Å². The average Bonchev–Trinajstić information content (AvgIpc) is 2.63. The number of rotatable bonds is 7. The fourth-order valence-electron chi connectivity index (χ4n) is 2.73. The Morgan fingerprint density at radius 2 is 1.59 bits per heavy atom. The van der Waals surface area contributed by atoms with Crippen LogP contribution in [0.4, 0.5) is 11.4 Å². The molecule has 2 aromatic rings. The molecule has 0 spiro atoms. The second-order valence-corrected chi connectivity index (χ2v) is 8.53. The van der Waals surface area contributed by atoms with E-state index in [4.69, 9.17) is 5.14 Å². The molecule has 0 saturated heterocycles. The van der Waals surface area contributed by atoms with Gasteiger partial charge in [0.1, 0.15) is 0 Å². The maximum absolute atomic E-state index is 12.5. The molecule has 0 saturated carbocycles. The summed E-state index contributed by atoms with van der Waals surface area (Å²) in [6.45, 7) is 5.56. The Labute approximate surface area is 171 Å². The number of para-hydroxylation sites is 1. The molecule has 2 amide bonds. The summed E-state index contributed by atoms with van der Waals surface area (Å²) in [5.74, 6) is -0.544. The number of aryl methyl sites for hydroxylation is 2. The highest BCUT2D eigenvalue weighted by Crippen LogP contribution is 2.19. The summed E-state index contributed by atoms with van der Waals surface area (Å²) < 4.78 is 22.6. The van der Waals surface area contributed by atoms with Crippen molar-refractivity contribution in [2.45, 2.75) is 31.7 Å². The number of hydrogen-bond acceptors (Lipinski definition) is 5. The molecule has 0 unspecified atom stereocenters. The highest BCUT2D eigenvalue weighted by Gasteiger charge is 2.21. The van der Waals surface area contributed by atoms with Crippen molar-refractivity contribution < 1.29 is 18.0 Å². The van der Waals surface area contributed by atoms with Gasteiger partial charge in [0.15, 0.2) is 0 Å². The van der Waals surface area contributed by atoms with Crippen molar-refractivity contribution in [1.82, 2.24) is 4.90 Å². The van der Waals surface area contributed by atoms with Crippen LogP contribution >= 0.6 is 0 Å². The molecule has 29 heavy (non-hydrogen) atoms. The number of carbonyl (C=O) groups is 2. The van der Waals surface area contributed by atoms with E-state index < -0.39 is 16.1 Å². The smallest absolute Gasteiger partial charge is 0.241 e. The minimum absolute atomic E-state index is 0.0344. The molecule has 9 heteroatoms. The van der Waals surface area contributed by atoms with Crippen molar-refractivity contribution in [3.63, 3.8) is 0 Å². The van der Waals surface area contributed by atoms with Gasteiger partial charge in [-0.15, -0.1) is 0 Å². The topological polar surface area (TPSA) is 122 Å². The Morgan fingerprint density at radius 1 is 1.03 bits per heavy atom. The van der Waals surface area contributed by atoms with E-state index in [0.29, 0.717) is 5.69 Å². The Balaban J connectivity index is 1.95. The lowest BCUT2D eigenvalue weighted by Crippen LogP contribution is -2.43. The minimum Gasteiger partial charge on any atom is -0.325 e. The number of nitrogens with zero attached hydrogens (tertiary/aromatic N) is 1. The number of anilines is 2. The normalized spacial score (nSPS) is 12.5. The Morgan fingerprint density at radius 3 is 2.10 bits per heavy atom. The van der Waals surface area contributed by atoms with Crippen LogP contribution in [0.25, 0.3) is 0 Å². The summed E-state index contributed by atoms with van der Waals surface area (Å²) in [6.07, 6.45) is 0. The van der Waals surface area contributed by atoms with Gasteiger partial charge in [-0.2, -0.15) is 0 Å². The van der Waals surface area contributed by atoms with E-state index in [0.717, 1.165) is 16.8 Å². The fraction of sp³-hybridized carbons (Fsp3) is 0.300. The lowest BCUT2D eigenvalue weighted by Gasteiger charge is -2.23. The molecule has 0 fully saturated rings. The third-order valence-corrected chi connectivity index (χ3v) is 5.56. The van der Waals surface area contributed by atoms with Gasteiger partial charge in [-0.25, -0.2) is 13.6 Å². The van der Waals surface area contributed by atoms with Gasteiger partial charge in [0.05, 0.1) is 17.5 Å². The highest BCUT2D eigenvalue weighted by molar-refractivity contribution is 7.89. The van der Waals surface area contributed by atoms with Crippen molar-refractivity contribution in [2.75, 3.05) is 24.2 Å². The predicted octanol–water partition coefficient (Wildman–Crippen LogP) is 1.85. The van der Waals surface area contributed by atoms with Crippen molar-refractivity contribution in [3.8, 4) is 0 Å². The van der Waals surface area contributed by atoms with Gasteiger partial charge in [-0.05, 0) is 63.2 Å². The number of nitrogens with two attached hydrogens (primary N) is 1. The molecule has 0 aliphatic heterocycles. The molecule has 2 rings (SSSR count). The molecule has 0 aliphatic carbocycles. The van der Waals surface area contributed by atoms with Gasteiger partial charge in [0, 0.05) is 11.4 Å². The molecular weight excluding hydrogens is 392 g/mol. The van der Waals surface area contributed by atoms with E-state index in [-0.39, 0.29) is 23.3 Å². The second kappa shape index (κ2) is 9.17. The quantitative estimate of drug-likeness (QED) is 0.633. The number of primary sulfonamides is 1. The summed E-state index contributed by atoms with van der Waals surface area (Å²) in [5, 5.41) is 10.6. The molecule has 4 N–H and O–H groups in total. The first kappa shape index (κ1) is 22.5. The molecule has 0 aliphatic rings. The first-order valence-electron chi connectivity index (χ1n) is 8.99. The van der Waals surface area contributed by atoms with E-state index in [1.54, 1.807) is 18.9 Å². The van der Waals surface area contributed by atoms with Crippen LogP contribution in [0.5, 0.6) is 0 Å². The second-order valence-electron chi connectivity index (χ2n) is 6.96. The first-order valence-corrected chi connectivity index (χ1v) is 10.5. The van der Waals surface area contributed by atoms with E-state index in [1.807, 2.05) is 32.0 Å². The van der Waals surface area contributed by atoms with Crippen LogP contribution < -0.4 is 15.8 Å². The summed E-state index contributed by atoms with van der Waals surface area (Å²) in [4.78, 5) is 26.4. The lowest BCUT2D eigenvalue weighted by molar-refractivity contribution is -0.122. The minimum atomic E-state index is -3.79. The highest BCUT2D eigenvalue weighted by atomic mass is 32.2.